The van der Waals surface area contributed by atoms with Gasteiger partial charge in [0.25, 0.3) is 0 Å². The Hall–Kier alpha value is -1.62. The summed E-state index contributed by atoms with van der Waals surface area (Å²) in [7, 11) is -9.36. The molecule has 2 fully saturated rings. The van der Waals surface area contributed by atoms with Gasteiger partial charge in [-0.2, -0.15) is 0 Å². The second-order valence-electron chi connectivity index (χ2n) is 11.3. The number of phosphoric ester groups is 2. The zero-order valence-corrected chi connectivity index (χ0v) is 24.3. The van der Waals surface area contributed by atoms with E-state index in [1.54, 1.807) is 18.3 Å². The lowest BCUT2D eigenvalue weighted by Gasteiger charge is -2.52. The van der Waals surface area contributed by atoms with Crippen molar-refractivity contribution in [2.75, 3.05) is 5.32 Å². The second-order valence-corrected chi connectivity index (χ2v) is 14.9. The number of benzene rings is 1. The largest absolute Gasteiger partial charge is 0.524 e. The van der Waals surface area contributed by atoms with Crippen LogP contribution in [-0.4, -0.2) is 36.6 Å². The summed E-state index contributed by atoms with van der Waals surface area (Å²) < 4.78 is 33.4. The van der Waals surface area contributed by atoms with E-state index >= 15 is 0 Å². The van der Waals surface area contributed by atoms with Crippen LogP contribution in [0.1, 0.15) is 67.4 Å². The summed E-state index contributed by atoms with van der Waals surface area (Å²) in [6, 6.07) is 5.18. The van der Waals surface area contributed by atoms with Crippen LogP contribution in [0.5, 0.6) is 5.75 Å². The van der Waals surface area contributed by atoms with Crippen molar-refractivity contribution < 1.29 is 42.5 Å². The van der Waals surface area contributed by atoms with E-state index < -0.39 is 27.2 Å². The Kier molecular flexibility index (Phi) is 7.89. The molecule has 3 aliphatic rings. The molecule has 39 heavy (non-hydrogen) atoms. The van der Waals surface area contributed by atoms with Gasteiger partial charge in [-0.3, -0.25) is 19.1 Å². The van der Waals surface area contributed by atoms with Crippen molar-refractivity contribution in [2.24, 2.45) is 23.2 Å². The van der Waals surface area contributed by atoms with Gasteiger partial charge in [0.15, 0.2) is 5.13 Å². The highest BCUT2D eigenvalue weighted by Crippen LogP contribution is 2.66. The first-order chi connectivity index (χ1) is 18.2. The Labute approximate surface area is 230 Å². The number of carbonyl (C=O) groups excluding carboxylic acids is 1. The van der Waals surface area contributed by atoms with E-state index in [0.717, 1.165) is 28.8 Å². The SMILES string of the molecule is Cc1cnc(NC(=O)CCC2C[C@H](OP(=O)(O)O)[C@@]3(C)CCC4c5ccc(OP(=O)(O)O)cc5CCC4C23)s1. The van der Waals surface area contributed by atoms with Crippen LogP contribution in [0.3, 0.4) is 0 Å². The summed E-state index contributed by atoms with van der Waals surface area (Å²) in [6.45, 7) is 3.99. The predicted octanol–water partition coefficient (Wildman–Crippen LogP) is 4.90. The Morgan fingerprint density at radius 3 is 2.64 bits per heavy atom. The normalized spacial score (nSPS) is 30.3. The van der Waals surface area contributed by atoms with E-state index in [2.05, 4.69) is 17.2 Å². The standard InChI is InChI=1S/C25H34N2O9P2S/c1-14-13-26-24(39-14)27-22(28)8-4-16-12-21(36-38(32,33)34)25(2)10-9-19-18-7-5-17(35-37(29,30)31)11-15(18)3-6-20(19)23(16)25/h5,7,11,13,16,19-21,23H,3-4,6,8-10,12H2,1-2H3,(H,26,27,28)(H2,29,30,31)(H2,32,33,34)/t16?,19?,20?,21-,23?,25+/m0/s1. The Bertz CT molecular complexity index is 1340. The van der Waals surface area contributed by atoms with E-state index in [0.29, 0.717) is 30.8 Å². The fourth-order valence-electron chi connectivity index (χ4n) is 7.52. The molecule has 5 N–H and O–H groups in total. The van der Waals surface area contributed by atoms with E-state index in [4.69, 9.17) is 9.05 Å². The molecule has 0 radical (unpaired) electrons. The van der Waals surface area contributed by atoms with Crippen LogP contribution in [-0.2, 0) is 24.9 Å². The number of fused-ring (bicyclic) bond motifs is 5. The average Bonchev–Trinajstić information content (AvgIpc) is 3.35. The van der Waals surface area contributed by atoms with Gasteiger partial charge in [-0.15, -0.1) is 11.3 Å². The zero-order chi connectivity index (χ0) is 28.2. The molecule has 0 bridgehead atoms. The molecule has 1 amide bonds. The number of thiazole rings is 1. The summed E-state index contributed by atoms with van der Waals surface area (Å²) in [6.07, 6.45) is 5.45. The lowest BCUT2D eigenvalue weighted by molar-refractivity contribution is -0.116. The molecule has 1 heterocycles. The molecule has 5 rings (SSSR count). The van der Waals surface area contributed by atoms with E-state index in [1.807, 2.05) is 13.0 Å². The molecule has 0 saturated heterocycles. The zero-order valence-electron chi connectivity index (χ0n) is 21.7. The van der Waals surface area contributed by atoms with Gasteiger partial charge < -0.3 is 19.6 Å². The minimum atomic E-state index is -4.71. The maximum Gasteiger partial charge on any atom is 0.524 e. The van der Waals surface area contributed by atoms with Gasteiger partial charge in [0.2, 0.25) is 5.91 Å². The van der Waals surface area contributed by atoms with Gasteiger partial charge in [-0.05, 0) is 97.8 Å². The highest BCUT2D eigenvalue weighted by atomic mass is 32.1. The molecule has 214 valence electrons. The van der Waals surface area contributed by atoms with Crippen molar-refractivity contribution in [3.05, 3.63) is 40.4 Å². The van der Waals surface area contributed by atoms with Gasteiger partial charge in [0.1, 0.15) is 5.75 Å². The monoisotopic (exact) mass is 600 g/mol. The molecule has 0 spiro atoms. The molecule has 0 aliphatic heterocycles. The fraction of sp³-hybridized carbons (Fsp3) is 0.600. The van der Waals surface area contributed by atoms with Crippen molar-refractivity contribution in [3.8, 4) is 5.75 Å². The van der Waals surface area contributed by atoms with Crippen molar-refractivity contribution >= 4 is 38.0 Å². The predicted molar refractivity (Wildman–Crippen MR) is 144 cm³/mol. The van der Waals surface area contributed by atoms with Crippen molar-refractivity contribution in [2.45, 2.75) is 70.8 Å². The van der Waals surface area contributed by atoms with Gasteiger partial charge in [0, 0.05) is 17.5 Å². The highest BCUT2D eigenvalue weighted by Gasteiger charge is 2.60. The molecular formula is C25H34N2O9P2S. The number of carbonyl (C=O) groups is 1. The minimum Gasteiger partial charge on any atom is -0.404 e. The van der Waals surface area contributed by atoms with Gasteiger partial charge in [0.05, 0.1) is 6.10 Å². The van der Waals surface area contributed by atoms with Crippen molar-refractivity contribution in [1.82, 2.24) is 4.98 Å². The molecule has 3 aliphatic carbocycles. The van der Waals surface area contributed by atoms with Gasteiger partial charge >= 0.3 is 15.6 Å². The van der Waals surface area contributed by atoms with Gasteiger partial charge in [-0.1, -0.05) is 13.0 Å². The molecule has 14 heteroatoms. The number of anilines is 1. The van der Waals surface area contributed by atoms with Crippen LogP contribution in [0.25, 0.3) is 0 Å². The van der Waals surface area contributed by atoms with E-state index in [1.165, 1.54) is 11.3 Å². The smallest absolute Gasteiger partial charge is 0.404 e. The number of hydrogen-bond acceptors (Lipinski definition) is 7. The summed E-state index contributed by atoms with van der Waals surface area (Å²) in [5.41, 5.74) is 1.68. The topological polar surface area (TPSA) is 176 Å². The first-order valence-corrected chi connectivity index (χ1v) is 16.9. The molecule has 1 aromatic carbocycles. The Balaban J connectivity index is 1.38. The molecule has 2 saturated carbocycles. The third-order valence-electron chi connectivity index (χ3n) is 8.85. The molecule has 4 unspecified atom stereocenters. The number of aryl methyl sites for hydroxylation is 2. The maximum atomic E-state index is 12.7. The van der Waals surface area contributed by atoms with Crippen LogP contribution >= 0.6 is 27.0 Å². The number of rotatable bonds is 8. The van der Waals surface area contributed by atoms with Crippen LogP contribution < -0.4 is 9.84 Å². The number of aromatic nitrogens is 1. The molecule has 2 aromatic rings. The summed E-state index contributed by atoms with van der Waals surface area (Å²) >= 11 is 1.41. The number of amides is 1. The summed E-state index contributed by atoms with van der Waals surface area (Å²) in [5.74, 6) is 0.564. The van der Waals surface area contributed by atoms with E-state index in [9.17, 15) is 33.5 Å². The number of nitrogens with zero attached hydrogens (tertiary/aromatic N) is 1. The van der Waals surface area contributed by atoms with Crippen LogP contribution in [0.2, 0.25) is 0 Å². The third kappa shape index (κ3) is 6.34. The molecule has 1 aromatic heterocycles. The Morgan fingerprint density at radius 1 is 1.21 bits per heavy atom. The van der Waals surface area contributed by atoms with E-state index in [-0.39, 0.29) is 41.7 Å². The second kappa shape index (κ2) is 10.7. The Morgan fingerprint density at radius 2 is 1.97 bits per heavy atom. The van der Waals surface area contributed by atoms with Crippen molar-refractivity contribution in [3.63, 3.8) is 0 Å². The first kappa shape index (κ1) is 28.9. The molecule has 6 atom stereocenters. The van der Waals surface area contributed by atoms with Crippen LogP contribution in [0.15, 0.2) is 24.4 Å². The highest BCUT2D eigenvalue weighted by molar-refractivity contribution is 7.46. The summed E-state index contributed by atoms with van der Waals surface area (Å²) in [5, 5.41) is 3.41. The maximum absolute atomic E-state index is 12.7. The molecular weight excluding hydrogens is 566 g/mol. The number of phosphoric acid groups is 2. The van der Waals surface area contributed by atoms with Gasteiger partial charge in [-0.25, -0.2) is 14.1 Å². The number of nitrogens with one attached hydrogen (secondary N) is 1. The average molecular weight is 601 g/mol. The van der Waals surface area contributed by atoms with Crippen molar-refractivity contribution in [1.29, 1.82) is 0 Å². The third-order valence-corrected chi connectivity index (χ3v) is 10.7. The lowest BCUT2D eigenvalue weighted by Crippen LogP contribution is -2.45. The fourth-order valence-corrected chi connectivity index (χ4v) is 9.25. The quantitative estimate of drug-likeness (QED) is 0.262. The van der Waals surface area contributed by atoms with Crippen LogP contribution in [0, 0.1) is 30.1 Å². The summed E-state index contributed by atoms with van der Waals surface area (Å²) in [4.78, 5) is 55.7. The van der Waals surface area contributed by atoms with Crippen LogP contribution in [0.4, 0.5) is 5.13 Å². The minimum absolute atomic E-state index is 0.0435. The molecule has 11 nitrogen and oxygen atoms in total. The first-order valence-electron chi connectivity index (χ1n) is 13.1. The number of hydrogen-bond donors (Lipinski definition) is 5. The lowest BCUT2D eigenvalue weighted by atomic mass is 9.53.